The number of hydrogen-bond donors (Lipinski definition) is 1. The average Bonchev–Trinajstić information content (AvgIpc) is 2.91. The Labute approximate surface area is 123 Å². The van der Waals surface area contributed by atoms with E-state index in [1.807, 2.05) is 0 Å². The summed E-state index contributed by atoms with van der Waals surface area (Å²) in [6, 6.07) is 7.02. The third kappa shape index (κ3) is 4.05. The third-order valence-electron chi connectivity index (χ3n) is 3.19. The van der Waals surface area contributed by atoms with Crippen molar-refractivity contribution < 1.29 is 19.1 Å². The molecule has 0 aliphatic carbocycles. The van der Waals surface area contributed by atoms with E-state index >= 15 is 0 Å². The van der Waals surface area contributed by atoms with E-state index in [0.29, 0.717) is 12.1 Å². The van der Waals surface area contributed by atoms with Crippen molar-refractivity contribution in [1.82, 2.24) is 0 Å². The van der Waals surface area contributed by atoms with Crippen LogP contribution >= 0.6 is 0 Å². The SMILES string of the molecule is CCC(=O)OCC(=O)Nc1ccc(N2CCCC2=O)cc1. The van der Waals surface area contributed by atoms with E-state index in [9.17, 15) is 14.4 Å². The van der Waals surface area contributed by atoms with Crippen molar-refractivity contribution in [2.24, 2.45) is 0 Å². The Kier molecular flexibility index (Phi) is 4.92. The van der Waals surface area contributed by atoms with Crippen LogP contribution in [0.25, 0.3) is 0 Å². The second-order valence-corrected chi connectivity index (χ2v) is 4.76. The van der Waals surface area contributed by atoms with Crippen LogP contribution < -0.4 is 10.2 Å². The maximum Gasteiger partial charge on any atom is 0.306 e. The smallest absolute Gasteiger partial charge is 0.306 e. The number of carbonyl (C=O) groups excluding carboxylic acids is 3. The fourth-order valence-corrected chi connectivity index (χ4v) is 2.09. The topological polar surface area (TPSA) is 75.7 Å². The third-order valence-corrected chi connectivity index (χ3v) is 3.19. The number of benzene rings is 1. The maximum absolute atomic E-state index is 11.6. The van der Waals surface area contributed by atoms with E-state index in [1.165, 1.54) is 0 Å². The standard InChI is InChI=1S/C15H18N2O4/c1-2-15(20)21-10-13(18)16-11-5-7-12(8-6-11)17-9-3-4-14(17)19/h5-8H,2-4,9-10H2,1H3,(H,16,18). The van der Waals surface area contributed by atoms with E-state index in [0.717, 1.165) is 18.7 Å². The molecular formula is C15H18N2O4. The van der Waals surface area contributed by atoms with Crippen LogP contribution in [0.15, 0.2) is 24.3 Å². The van der Waals surface area contributed by atoms with Gasteiger partial charge in [0.15, 0.2) is 6.61 Å². The molecule has 0 aromatic heterocycles. The quantitative estimate of drug-likeness (QED) is 0.838. The van der Waals surface area contributed by atoms with Crippen molar-refractivity contribution in [2.75, 3.05) is 23.4 Å². The van der Waals surface area contributed by atoms with E-state index in [1.54, 1.807) is 36.1 Å². The van der Waals surface area contributed by atoms with Crippen molar-refractivity contribution in [3.05, 3.63) is 24.3 Å². The molecule has 2 rings (SSSR count). The first kappa shape index (κ1) is 15.0. The molecular weight excluding hydrogens is 272 g/mol. The molecule has 0 spiro atoms. The highest BCUT2D eigenvalue weighted by Gasteiger charge is 2.21. The van der Waals surface area contributed by atoms with E-state index in [4.69, 9.17) is 4.74 Å². The summed E-state index contributed by atoms with van der Waals surface area (Å²) in [5.74, 6) is -0.673. The number of amides is 2. The number of hydrogen-bond acceptors (Lipinski definition) is 4. The lowest BCUT2D eigenvalue weighted by Gasteiger charge is -2.16. The molecule has 0 atom stereocenters. The zero-order valence-electron chi connectivity index (χ0n) is 11.9. The highest BCUT2D eigenvalue weighted by molar-refractivity contribution is 5.96. The Morgan fingerprint density at radius 3 is 2.57 bits per heavy atom. The molecule has 0 unspecified atom stereocenters. The molecule has 6 heteroatoms. The number of esters is 1. The fraction of sp³-hybridized carbons (Fsp3) is 0.400. The summed E-state index contributed by atoms with van der Waals surface area (Å²) in [6.07, 6.45) is 1.70. The van der Waals surface area contributed by atoms with Crippen LogP contribution in [0.3, 0.4) is 0 Å². The fourth-order valence-electron chi connectivity index (χ4n) is 2.09. The molecule has 1 aliphatic rings. The van der Waals surface area contributed by atoms with Gasteiger partial charge in [0.2, 0.25) is 5.91 Å². The van der Waals surface area contributed by atoms with Gasteiger partial charge in [-0.05, 0) is 30.7 Å². The highest BCUT2D eigenvalue weighted by Crippen LogP contribution is 2.22. The molecule has 1 N–H and O–H groups in total. The first-order chi connectivity index (χ1) is 10.1. The van der Waals surface area contributed by atoms with Gasteiger partial charge in [0.05, 0.1) is 0 Å². The summed E-state index contributed by atoms with van der Waals surface area (Å²) < 4.78 is 4.74. The second kappa shape index (κ2) is 6.88. The van der Waals surface area contributed by atoms with Gasteiger partial charge >= 0.3 is 5.97 Å². The molecule has 1 aromatic carbocycles. The Morgan fingerprint density at radius 1 is 1.29 bits per heavy atom. The van der Waals surface area contributed by atoms with Gasteiger partial charge < -0.3 is 15.0 Å². The van der Waals surface area contributed by atoms with Crippen LogP contribution in [0.5, 0.6) is 0 Å². The molecule has 1 aliphatic heterocycles. The minimum atomic E-state index is -0.409. The number of anilines is 2. The van der Waals surface area contributed by atoms with E-state index < -0.39 is 5.97 Å². The van der Waals surface area contributed by atoms with Crippen LogP contribution in [0.1, 0.15) is 26.2 Å². The first-order valence-corrected chi connectivity index (χ1v) is 6.96. The van der Waals surface area contributed by atoms with Crippen LogP contribution in [0, 0.1) is 0 Å². The minimum Gasteiger partial charge on any atom is -0.456 e. The number of rotatable bonds is 5. The molecule has 112 valence electrons. The van der Waals surface area contributed by atoms with Crippen LogP contribution in [-0.2, 0) is 19.1 Å². The summed E-state index contributed by atoms with van der Waals surface area (Å²) in [4.78, 5) is 35.9. The van der Waals surface area contributed by atoms with Crippen molar-refractivity contribution in [3.63, 3.8) is 0 Å². The Bertz CT molecular complexity index is 539. The summed E-state index contributed by atoms with van der Waals surface area (Å²) >= 11 is 0. The van der Waals surface area contributed by atoms with Crippen LogP contribution in [0.4, 0.5) is 11.4 Å². The molecule has 1 heterocycles. The molecule has 21 heavy (non-hydrogen) atoms. The molecule has 1 aromatic rings. The van der Waals surface area contributed by atoms with Crippen molar-refractivity contribution in [3.8, 4) is 0 Å². The van der Waals surface area contributed by atoms with Gasteiger partial charge in [-0.2, -0.15) is 0 Å². The number of carbonyl (C=O) groups is 3. The second-order valence-electron chi connectivity index (χ2n) is 4.76. The molecule has 1 saturated heterocycles. The van der Waals surface area contributed by atoms with Gasteiger partial charge in [0.1, 0.15) is 0 Å². The Balaban J connectivity index is 1.89. The molecule has 1 fully saturated rings. The van der Waals surface area contributed by atoms with Gasteiger partial charge in [-0.25, -0.2) is 0 Å². The summed E-state index contributed by atoms with van der Waals surface area (Å²) in [7, 11) is 0. The van der Waals surface area contributed by atoms with E-state index in [2.05, 4.69) is 5.32 Å². The molecule has 0 bridgehead atoms. The zero-order chi connectivity index (χ0) is 15.2. The normalized spacial score (nSPS) is 14.1. The molecule has 0 saturated carbocycles. The highest BCUT2D eigenvalue weighted by atomic mass is 16.5. The monoisotopic (exact) mass is 290 g/mol. The predicted octanol–water partition coefficient (Wildman–Crippen LogP) is 1.71. The van der Waals surface area contributed by atoms with Crippen LogP contribution in [-0.4, -0.2) is 30.9 Å². The van der Waals surface area contributed by atoms with Crippen molar-refractivity contribution in [2.45, 2.75) is 26.2 Å². The summed E-state index contributed by atoms with van der Waals surface area (Å²) in [5.41, 5.74) is 1.43. The first-order valence-electron chi connectivity index (χ1n) is 6.96. The molecule has 6 nitrogen and oxygen atoms in total. The number of nitrogens with zero attached hydrogens (tertiary/aromatic N) is 1. The lowest BCUT2D eigenvalue weighted by molar-refractivity contribution is -0.146. The molecule has 2 amide bonds. The van der Waals surface area contributed by atoms with Gasteiger partial charge in [0.25, 0.3) is 5.91 Å². The largest absolute Gasteiger partial charge is 0.456 e. The maximum atomic E-state index is 11.6. The Hall–Kier alpha value is -2.37. The van der Waals surface area contributed by atoms with Gasteiger partial charge in [-0.3, -0.25) is 14.4 Å². The molecule has 0 radical (unpaired) electrons. The Morgan fingerprint density at radius 2 is 2.00 bits per heavy atom. The lowest BCUT2D eigenvalue weighted by Crippen LogP contribution is -2.23. The lowest BCUT2D eigenvalue weighted by atomic mass is 10.2. The van der Waals surface area contributed by atoms with Gasteiger partial charge in [-0.1, -0.05) is 6.92 Å². The van der Waals surface area contributed by atoms with Crippen molar-refractivity contribution >= 4 is 29.2 Å². The average molecular weight is 290 g/mol. The summed E-state index contributed by atoms with van der Waals surface area (Å²) in [5, 5.41) is 2.63. The summed E-state index contributed by atoms with van der Waals surface area (Å²) in [6.45, 7) is 2.11. The predicted molar refractivity (Wildman–Crippen MR) is 77.9 cm³/mol. The minimum absolute atomic E-state index is 0.123. The van der Waals surface area contributed by atoms with Crippen LogP contribution in [0.2, 0.25) is 0 Å². The zero-order valence-corrected chi connectivity index (χ0v) is 11.9. The number of nitrogens with one attached hydrogen (secondary N) is 1. The van der Waals surface area contributed by atoms with Crippen molar-refractivity contribution in [1.29, 1.82) is 0 Å². The van der Waals surface area contributed by atoms with Gasteiger partial charge in [0, 0.05) is 30.8 Å². The number of ether oxygens (including phenoxy) is 1. The van der Waals surface area contributed by atoms with E-state index in [-0.39, 0.29) is 24.8 Å². The van der Waals surface area contributed by atoms with Gasteiger partial charge in [-0.15, -0.1) is 0 Å².